The highest BCUT2D eigenvalue weighted by Crippen LogP contribution is 2.14. The number of ether oxygens (including phenoxy) is 1. The van der Waals surface area contributed by atoms with Gasteiger partial charge in [-0.1, -0.05) is 29.8 Å². The van der Waals surface area contributed by atoms with Crippen molar-refractivity contribution >= 4 is 5.97 Å². The summed E-state index contributed by atoms with van der Waals surface area (Å²) in [6.07, 6.45) is 0.975. The molecule has 1 aromatic carbocycles. The second-order valence-electron chi connectivity index (χ2n) is 4.35. The summed E-state index contributed by atoms with van der Waals surface area (Å²) in [6.45, 7) is 2.58. The Balaban J connectivity index is 2.50. The summed E-state index contributed by atoms with van der Waals surface area (Å²) in [5, 5.41) is 17.7. The molecule has 2 N–H and O–H groups in total. The molecule has 0 aliphatic rings. The zero-order valence-electron chi connectivity index (χ0n) is 10.6. The van der Waals surface area contributed by atoms with Gasteiger partial charge in [0.2, 0.25) is 0 Å². The summed E-state index contributed by atoms with van der Waals surface area (Å²) < 4.78 is 5.11. The fourth-order valence-electron chi connectivity index (χ4n) is 1.83. The van der Waals surface area contributed by atoms with Crippen molar-refractivity contribution < 1.29 is 19.7 Å². The predicted octanol–water partition coefficient (Wildman–Crippen LogP) is 1.64. The SMILES string of the molecule is Cc1cccc(CC(CCOCCO)C(=O)O)c1. The first-order valence-electron chi connectivity index (χ1n) is 6.10. The van der Waals surface area contributed by atoms with Crippen molar-refractivity contribution in [1.29, 1.82) is 0 Å². The standard InChI is InChI=1S/C14H20O4/c1-11-3-2-4-12(9-11)10-13(14(16)17)5-7-18-8-6-15/h2-4,9,13,15H,5-8,10H2,1H3,(H,16,17). The smallest absolute Gasteiger partial charge is 0.306 e. The second kappa shape index (κ2) is 7.84. The summed E-state index contributed by atoms with van der Waals surface area (Å²) >= 11 is 0. The lowest BCUT2D eigenvalue weighted by Gasteiger charge is -2.12. The Kier molecular flexibility index (Phi) is 6.39. The minimum Gasteiger partial charge on any atom is -0.481 e. The first kappa shape index (κ1) is 14.7. The van der Waals surface area contributed by atoms with Crippen molar-refractivity contribution in [3.8, 4) is 0 Å². The first-order valence-corrected chi connectivity index (χ1v) is 6.10. The normalized spacial score (nSPS) is 12.3. The molecule has 18 heavy (non-hydrogen) atoms. The monoisotopic (exact) mass is 252 g/mol. The van der Waals surface area contributed by atoms with Gasteiger partial charge >= 0.3 is 5.97 Å². The van der Waals surface area contributed by atoms with E-state index in [9.17, 15) is 4.79 Å². The maximum atomic E-state index is 11.1. The van der Waals surface area contributed by atoms with E-state index in [1.54, 1.807) is 0 Å². The molecule has 0 bridgehead atoms. The second-order valence-corrected chi connectivity index (χ2v) is 4.35. The van der Waals surface area contributed by atoms with Crippen molar-refractivity contribution in [2.24, 2.45) is 5.92 Å². The zero-order valence-corrected chi connectivity index (χ0v) is 10.6. The number of benzene rings is 1. The molecule has 1 rings (SSSR count). The van der Waals surface area contributed by atoms with Crippen LogP contribution in [0.1, 0.15) is 17.5 Å². The predicted molar refractivity (Wildman–Crippen MR) is 68.5 cm³/mol. The largest absolute Gasteiger partial charge is 0.481 e. The Bertz CT molecular complexity index is 376. The Morgan fingerprint density at radius 2 is 2.17 bits per heavy atom. The van der Waals surface area contributed by atoms with Gasteiger partial charge in [-0.15, -0.1) is 0 Å². The van der Waals surface area contributed by atoms with Gasteiger partial charge in [-0.25, -0.2) is 0 Å². The molecule has 1 atom stereocenters. The molecule has 0 spiro atoms. The molecule has 100 valence electrons. The van der Waals surface area contributed by atoms with Crippen molar-refractivity contribution in [1.82, 2.24) is 0 Å². The molecule has 0 saturated carbocycles. The molecule has 1 aromatic rings. The molecule has 0 amide bonds. The Morgan fingerprint density at radius 1 is 1.39 bits per heavy atom. The average molecular weight is 252 g/mol. The zero-order chi connectivity index (χ0) is 13.4. The van der Waals surface area contributed by atoms with Gasteiger partial charge in [0, 0.05) is 6.61 Å². The van der Waals surface area contributed by atoms with Crippen molar-refractivity contribution in [2.45, 2.75) is 19.8 Å². The maximum absolute atomic E-state index is 11.1. The fourth-order valence-corrected chi connectivity index (χ4v) is 1.83. The van der Waals surface area contributed by atoms with E-state index in [0.717, 1.165) is 11.1 Å². The van der Waals surface area contributed by atoms with Crippen molar-refractivity contribution in [3.63, 3.8) is 0 Å². The van der Waals surface area contributed by atoms with Crippen LogP contribution in [0, 0.1) is 12.8 Å². The van der Waals surface area contributed by atoms with Gasteiger partial charge in [0.15, 0.2) is 0 Å². The van der Waals surface area contributed by atoms with Gasteiger partial charge in [0.05, 0.1) is 19.1 Å². The van der Waals surface area contributed by atoms with E-state index in [2.05, 4.69) is 0 Å². The number of aliphatic carboxylic acids is 1. The molecule has 0 saturated heterocycles. The third-order valence-electron chi connectivity index (χ3n) is 2.76. The third kappa shape index (κ3) is 5.29. The highest BCUT2D eigenvalue weighted by Gasteiger charge is 2.17. The molecular weight excluding hydrogens is 232 g/mol. The van der Waals surface area contributed by atoms with Gasteiger partial charge < -0.3 is 14.9 Å². The van der Waals surface area contributed by atoms with Crippen molar-refractivity contribution in [3.05, 3.63) is 35.4 Å². The Morgan fingerprint density at radius 3 is 2.78 bits per heavy atom. The van der Waals surface area contributed by atoms with E-state index >= 15 is 0 Å². The van der Waals surface area contributed by atoms with Gasteiger partial charge in [-0.2, -0.15) is 0 Å². The van der Waals surface area contributed by atoms with Crippen LogP contribution in [0.3, 0.4) is 0 Å². The quantitative estimate of drug-likeness (QED) is 0.690. The van der Waals surface area contributed by atoms with Crippen LogP contribution in [0.25, 0.3) is 0 Å². The highest BCUT2D eigenvalue weighted by molar-refractivity contribution is 5.70. The third-order valence-corrected chi connectivity index (χ3v) is 2.76. The van der Waals surface area contributed by atoms with Crippen LogP contribution >= 0.6 is 0 Å². The molecular formula is C14H20O4. The van der Waals surface area contributed by atoms with Crippen LogP contribution in [-0.2, 0) is 16.0 Å². The molecule has 4 nitrogen and oxygen atoms in total. The first-order chi connectivity index (χ1) is 8.63. The van der Waals surface area contributed by atoms with Crippen LogP contribution < -0.4 is 0 Å². The van der Waals surface area contributed by atoms with Crippen LogP contribution in [0.4, 0.5) is 0 Å². The number of aliphatic hydroxyl groups excluding tert-OH is 1. The number of hydrogen-bond acceptors (Lipinski definition) is 3. The number of carboxylic acid groups (broad SMARTS) is 1. The summed E-state index contributed by atoms with van der Waals surface area (Å²) in [7, 11) is 0. The Labute approximate surface area is 107 Å². The Hall–Kier alpha value is -1.39. The van der Waals surface area contributed by atoms with Crippen LogP contribution in [0.5, 0.6) is 0 Å². The van der Waals surface area contributed by atoms with Crippen LogP contribution in [0.2, 0.25) is 0 Å². The lowest BCUT2D eigenvalue weighted by atomic mass is 9.96. The number of aliphatic hydroxyl groups is 1. The lowest BCUT2D eigenvalue weighted by Crippen LogP contribution is -2.19. The van der Waals surface area contributed by atoms with Gasteiger partial charge in [0.1, 0.15) is 0 Å². The molecule has 0 aliphatic heterocycles. The lowest BCUT2D eigenvalue weighted by molar-refractivity contribution is -0.142. The molecule has 0 aromatic heterocycles. The highest BCUT2D eigenvalue weighted by atomic mass is 16.5. The molecule has 0 radical (unpaired) electrons. The minimum absolute atomic E-state index is 0.0321. The van der Waals surface area contributed by atoms with Gasteiger partial charge in [0.25, 0.3) is 0 Å². The summed E-state index contributed by atoms with van der Waals surface area (Å²) in [6, 6.07) is 7.87. The molecule has 0 heterocycles. The molecule has 1 unspecified atom stereocenters. The average Bonchev–Trinajstić information content (AvgIpc) is 2.33. The fraction of sp³-hybridized carbons (Fsp3) is 0.500. The van der Waals surface area contributed by atoms with E-state index in [1.165, 1.54) is 0 Å². The number of hydrogen-bond donors (Lipinski definition) is 2. The summed E-state index contributed by atoms with van der Waals surface area (Å²) in [4.78, 5) is 11.1. The van der Waals surface area contributed by atoms with Crippen molar-refractivity contribution in [2.75, 3.05) is 19.8 Å². The maximum Gasteiger partial charge on any atom is 0.306 e. The van der Waals surface area contributed by atoms with E-state index in [-0.39, 0.29) is 13.2 Å². The van der Waals surface area contributed by atoms with Crippen LogP contribution in [-0.4, -0.2) is 36.0 Å². The van der Waals surface area contributed by atoms with E-state index in [0.29, 0.717) is 19.4 Å². The number of aryl methyl sites for hydroxylation is 1. The number of carbonyl (C=O) groups is 1. The topological polar surface area (TPSA) is 66.8 Å². The van der Waals surface area contributed by atoms with E-state index in [4.69, 9.17) is 14.9 Å². The molecule has 0 aliphatic carbocycles. The number of carboxylic acids is 1. The molecule has 0 fully saturated rings. The van der Waals surface area contributed by atoms with E-state index < -0.39 is 11.9 Å². The molecule has 4 heteroatoms. The summed E-state index contributed by atoms with van der Waals surface area (Å²) in [5.74, 6) is -1.24. The summed E-state index contributed by atoms with van der Waals surface area (Å²) in [5.41, 5.74) is 2.16. The van der Waals surface area contributed by atoms with Crippen LogP contribution in [0.15, 0.2) is 24.3 Å². The van der Waals surface area contributed by atoms with E-state index in [1.807, 2.05) is 31.2 Å². The van der Waals surface area contributed by atoms with Gasteiger partial charge in [-0.05, 0) is 25.3 Å². The minimum atomic E-state index is -0.802. The van der Waals surface area contributed by atoms with Gasteiger partial charge in [-0.3, -0.25) is 4.79 Å². The number of rotatable bonds is 8.